The summed E-state index contributed by atoms with van der Waals surface area (Å²) < 4.78 is 0. The first-order chi connectivity index (χ1) is 25.3. The van der Waals surface area contributed by atoms with Crippen molar-refractivity contribution in [2.45, 2.75) is 0 Å². The molecule has 2 aromatic heterocycles. The molecule has 0 aliphatic heterocycles. The standard InChI is InChI=1S/C47H30N4/c1-2-15-38-32(10-1)11-8-20-39(38)33-12-7-13-34(28-33)46-40-16-3-5-18-42(40)47(43-19-6-4-17-41(43)46)35-23-26-44-45(29-35)50-51(49-44)37-24-21-31(22-25-37)36-14-9-27-48-30-36/h1-30H. The van der Waals surface area contributed by atoms with E-state index in [9.17, 15) is 0 Å². The maximum atomic E-state index is 4.95. The van der Waals surface area contributed by atoms with E-state index < -0.39 is 0 Å². The van der Waals surface area contributed by atoms with E-state index in [4.69, 9.17) is 10.2 Å². The van der Waals surface area contributed by atoms with Crippen molar-refractivity contribution in [3.05, 3.63) is 182 Å². The van der Waals surface area contributed by atoms with Gasteiger partial charge in [0.15, 0.2) is 0 Å². The Hall–Kier alpha value is -6.91. The van der Waals surface area contributed by atoms with Crippen molar-refractivity contribution in [3.8, 4) is 50.2 Å². The third-order valence-corrected chi connectivity index (χ3v) is 9.95. The molecule has 0 N–H and O–H groups in total. The van der Waals surface area contributed by atoms with Gasteiger partial charge in [0, 0.05) is 12.4 Å². The molecule has 8 aromatic carbocycles. The molecule has 0 saturated carbocycles. The molecule has 2 heterocycles. The van der Waals surface area contributed by atoms with Gasteiger partial charge in [-0.2, -0.15) is 4.80 Å². The van der Waals surface area contributed by atoms with Crippen LogP contribution in [0.3, 0.4) is 0 Å². The monoisotopic (exact) mass is 650 g/mol. The van der Waals surface area contributed by atoms with Crippen LogP contribution in [-0.4, -0.2) is 20.0 Å². The van der Waals surface area contributed by atoms with Crippen LogP contribution in [0.1, 0.15) is 0 Å². The Bertz CT molecular complexity index is 2840. The van der Waals surface area contributed by atoms with E-state index >= 15 is 0 Å². The Morgan fingerprint density at radius 1 is 0.373 bits per heavy atom. The second-order valence-electron chi connectivity index (χ2n) is 12.9. The highest BCUT2D eigenvalue weighted by Crippen LogP contribution is 2.44. The molecule has 0 unspecified atom stereocenters. The first-order valence-corrected chi connectivity index (χ1v) is 17.2. The zero-order chi connectivity index (χ0) is 33.7. The molecule has 0 radical (unpaired) electrons. The second-order valence-corrected chi connectivity index (χ2v) is 12.9. The molecule has 238 valence electrons. The number of nitrogens with zero attached hydrogens (tertiary/aromatic N) is 4. The topological polar surface area (TPSA) is 43.6 Å². The van der Waals surface area contributed by atoms with Crippen molar-refractivity contribution >= 4 is 43.4 Å². The Morgan fingerprint density at radius 2 is 0.941 bits per heavy atom. The highest BCUT2D eigenvalue weighted by molar-refractivity contribution is 6.21. The van der Waals surface area contributed by atoms with E-state index in [2.05, 4.69) is 169 Å². The quantitative estimate of drug-likeness (QED) is 0.174. The fraction of sp³-hybridized carbons (Fsp3) is 0. The van der Waals surface area contributed by atoms with Crippen molar-refractivity contribution in [2.75, 3.05) is 0 Å². The first kappa shape index (κ1) is 29.0. The van der Waals surface area contributed by atoms with Gasteiger partial charge in [0.05, 0.1) is 5.69 Å². The van der Waals surface area contributed by atoms with Gasteiger partial charge in [-0.3, -0.25) is 4.98 Å². The molecule has 0 bridgehead atoms. The summed E-state index contributed by atoms with van der Waals surface area (Å²) in [6.45, 7) is 0. The van der Waals surface area contributed by atoms with Crippen molar-refractivity contribution < 1.29 is 0 Å². The smallest absolute Gasteiger partial charge is 0.114 e. The SMILES string of the molecule is c1cncc(-c2ccc(-n3nc4ccc(-c5c6ccccc6c(-c6cccc(-c7cccc8ccccc78)c6)c6ccccc56)cc4n3)cc2)c1. The number of hydrogen-bond donors (Lipinski definition) is 0. The summed E-state index contributed by atoms with van der Waals surface area (Å²) in [7, 11) is 0. The fourth-order valence-electron chi connectivity index (χ4n) is 7.58. The molecule has 0 spiro atoms. The average molecular weight is 651 g/mol. The van der Waals surface area contributed by atoms with Gasteiger partial charge in [-0.25, -0.2) is 0 Å². The lowest BCUT2D eigenvalue weighted by Crippen LogP contribution is -1.97. The Balaban J connectivity index is 1.11. The number of pyridine rings is 1. The van der Waals surface area contributed by atoms with Gasteiger partial charge in [0.2, 0.25) is 0 Å². The van der Waals surface area contributed by atoms with Gasteiger partial charge in [-0.05, 0) is 113 Å². The van der Waals surface area contributed by atoms with Crippen molar-refractivity contribution in [1.82, 2.24) is 20.0 Å². The number of hydrogen-bond acceptors (Lipinski definition) is 3. The lowest BCUT2D eigenvalue weighted by molar-refractivity contribution is 0.766. The summed E-state index contributed by atoms with van der Waals surface area (Å²) in [5.41, 5.74) is 12.0. The van der Waals surface area contributed by atoms with E-state index in [1.165, 1.54) is 60.1 Å². The minimum atomic E-state index is 0.851. The van der Waals surface area contributed by atoms with Gasteiger partial charge in [0.25, 0.3) is 0 Å². The van der Waals surface area contributed by atoms with Crippen LogP contribution in [0.25, 0.3) is 93.5 Å². The second kappa shape index (κ2) is 11.9. The predicted octanol–water partition coefficient (Wildman–Crippen LogP) is 11.9. The van der Waals surface area contributed by atoms with Crippen LogP contribution in [0.5, 0.6) is 0 Å². The van der Waals surface area contributed by atoms with Crippen LogP contribution >= 0.6 is 0 Å². The van der Waals surface area contributed by atoms with Gasteiger partial charge in [0.1, 0.15) is 11.0 Å². The molecule has 4 heteroatoms. The molecule has 51 heavy (non-hydrogen) atoms. The minimum absolute atomic E-state index is 0.851. The van der Waals surface area contributed by atoms with E-state index in [1.54, 1.807) is 11.0 Å². The first-order valence-electron chi connectivity index (χ1n) is 17.2. The molecule has 4 nitrogen and oxygen atoms in total. The summed E-state index contributed by atoms with van der Waals surface area (Å²) >= 11 is 0. The molecule has 10 aromatic rings. The lowest BCUT2D eigenvalue weighted by Gasteiger charge is -2.18. The largest absolute Gasteiger partial charge is 0.264 e. The van der Waals surface area contributed by atoms with E-state index in [-0.39, 0.29) is 0 Å². The Morgan fingerprint density at radius 3 is 1.65 bits per heavy atom. The molecule has 0 amide bonds. The van der Waals surface area contributed by atoms with Crippen molar-refractivity contribution in [2.24, 2.45) is 0 Å². The van der Waals surface area contributed by atoms with Gasteiger partial charge in [-0.1, -0.05) is 133 Å². The maximum absolute atomic E-state index is 4.95. The van der Waals surface area contributed by atoms with Gasteiger partial charge >= 0.3 is 0 Å². The number of fused-ring (bicyclic) bond motifs is 4. The van der Waals surface area contributed by atoms with Crippen LogP contribution in [-0.2, 0) is 0 Å². The van der Waals surface area contributed by atoms with E-state index in [1.807, 2.05) is 12.3 Å². The lowest BCUT2D eigenvalue weighted by atomic mass is 9.85. The molecule has 10 rings (SSSR count). The number of benzene rings is 8. The third kappa shape index (κ3) is 4.96. The molecule has 0 aliphatic rings. The van der Waals surface area contributed by atoms with Crippen molar-refractivity contribution in [3.63, 3.8) is 0 Å². The van der Waals surface area contributed by atoms with Crippen LogP contribution in [0, 0.1) is 0 Å². The molecular formula is C47H30N4. The normalized spacial score (nSPS) is 11.5. The van der Waals surface area contributed by atoms with Crippen molar-refractivity contribution in [1.29, 1.82) is 0 Å². The van der Waals surface area contributed by atoms with Gasteiger partial charge < -0.3 is 0 Å². The highest BCUT2D eigenvalue weighted by atomic mass is 15.5. The summed E-state index contributed by atoms with van der Waals surface area (Å²) in [5.74, 6) is 0. The third-order valence-electron chi connectivity index (χ3n) is 9.95. The highest BCUT2D eigenvalue weighted by Gasteiger charge is 2.18. The maximum Gasteiger partial charge on any atom is 0.114 e. The molecule has 0 fully saturated rings. The Kier molecular flexibility index (Phi) is 6.78. The van der Waals surface area contributed by atoms with E-state index in [0.29, 0.717) is 0 Å². The molecule has 0 atom stereocenters. The minimum Gasteiger partial charge on any atom is -0.264 e. The average Bonchev–Trinajstić information content (AvgIpc) is 3.64. The van der Waals surface area contributed by atoms with Gasteiger partial charge in [-0.15, -0.1) is 10.2 Å². The molecular weight excluding hydrogens is 621 g/mol. The fourth-order valence-corrected chi connectivity index (χ4v) is 7.58. The van der Waals surface area contributed by atoms with Crippen LogP contribution < -0.4 is 0 Å². The molecule has 0 aliphatic carbocycles. The molecule has 0 saturated heterocycles. The Labute approximate surface area is 294 Å². The number of aromatic nitrogens is 4. The summed E-state index contributed by atoms with van der Waals surface area (Å²) in [5, 5.41) is 17.2. The zero-order valence-corrected chi connectivity index (χ0v) is 27.6. The predicted molar refractivity (Wildman–Crippen MR) is 211 cm³/mol. The summed E-state index contributed by atoms with van der Waals surface area (Å²) in [4.78, 5) is 5.98. The zero-order valence-electron chi connectivity index (χ0n) is 27.6. The summed E-state index contributed by atoms with van der Waals surface area (Å²) in [6.07, 6.45) is 3.66. The van der Waals surface area contributed by atoms with E-state index in [0.717, 1.165) is 33.4 Å². The van der Waals surface area contributed by atoms with Crippen LogP contribution in [0.2, 0.25) is 0 Å². The summed E-state index contributed by atoms with van der Waals surface area (Å²) in [6, 6.07) is 60.5. The number of rotatable bonds is 5. The van der Waals surface area contributed by atoms with Crippen LogP contribution in [0.15, 0.2) is 182 Å². The van der Waals surface area contributed by atoms with Crippen LogP contribution in [0.4, 0.5) is 0 Å².